The molecule has 2 aromatic heterocycles. The third kappa shape index (κ3) is 3.65. The summed E-state index contributed by atoms with van der Waals surface area (Å²) < 4.78 is 0. The number of H-pyrrole nitrogens is 1. The van der Waals surface area contributed by atoms with E-state index in [1.165, 1.54) is 24.0 Å². The van der Waals surface area contributed by atoms with Gasteiger partial charge >= 0.3 is 5.97 Å². The molecule has 27 heavy (non-hydrogen) atoms. The third-order valence-corrected chi connectivity index (χ3v) is 4.81. The number of nitrogens with zero attached hydrogens (tertiary/aromatic N) is 2. The number of nitrogens with one attached hydrogen (secondary N) is 1. The average Bonchev–Trinajstić information content (AvgIpc) is 2.62. The second-order valence-corrected chi connectivity index (χ2v) is 6.51. The molecule has 0 unspecified atom stereocenters. The summed E-state index contributed by atoms with van der Waals surface area (Å²) in [5, 5.41) is 9.87. The normalized spacial score (nSPS) is 10.8. The third-order valence-electron chi connectivity index (χ3n) is 3.98. The van der Waals surface area contributed by atoms with Gasteiger partial charge in [0.25, 0.3) is 5.56 Å². The maximum atomic E-state index is 12.2. The molecular weight excluding hydrogens is 393 g/mol. The van der Waals surface area contributed by atoms with E-state index in [0.717, 1.165) is 0 Å². The summed E-state index contributed by atoms with van der Waals surface area (Å²) in [7, 11) is 0. The zero-order chi connectivity index (χ0) is 19.7. The molecule has 0 atom stereocenters. The molecule has 0 spiro atoms. The van der Waals surface area contributed by atoms with Crippen LogP contribution in [0.1, 0.15) is 22.8 Å². The van der Waals surface area contributed by atoms with Crippen LogP contribution in [0.2, 0.25) is 10.0 Å². The van der Waals surface area contributed by atoms with E-state index in [0.29, 0.717) is 22.3 Å². The number of carbonyl (C=O) groups excluding carboxylic acids is 1. The molecule has 2 heterocycles. The predicted molar refractivity (Wildman–Crippen MR) is 103 cm³/mol. The van der Waals surface area contributed by atoms with E-state index >= 15 is 0 Å². The number of rotatable bonds is 4. The van der Waals surface area contributed by atoms with E-state index in [2.05, 4.69) is 9.97 Å². The second kappa shape index (κ2) is 7.38. The van der Waals surface area contributed by atoms with Crippen LogP contribution in [0, 0.1) is 0 Å². The number of fused-ring (bicyclic) bond motifs is 1. The zero-order valence-electron chi connectivity index (χ0n) is 14.0. The van der Waals surface area contributed by atoms with Crippen molar-refractivity contribution in [3.63, 3.8) is 0 Å². The fraction of sp³-hybridized carbons (Fsp3) is 0.111. The van der Waals surface area contributed by atoms with Gasteiger partial charge in [-0.15, -0.1) is 0 Å². The minimum Gasteiger partial charge on any atom is -0.477 e. The van der Waals surface area contributed by atoms with Crippen molar-refractivity contribution in [1.29, 1.82) is 0 Å². The van der Waals surface area contributed by atoms with Crippen molar-refractivity contribution in [3.05, 3.63) is 68.1 Å². The number of anilines is 1. The molecule has 0 aliphatic heterocycles. The molecule has 7 nitrogen and oxygen atoms in total. The number of hydrogen-bond donors (Lipinski definition) is 2. The highest BCUT2D eigenvalue weighted by Crippen LogP contribution is 2.33. The predicted octanol–water partition coefficient (Wildman–Crippen LogP) is 3.48. The minimum absolute atomic E-state index is 0.00933. The van der Waals surface area contributed by atoms with Crippen LogP contribution < -0.4 is 10.5 Å². The number of pyridine rings is 2. The van der Waals surface area contributed by atoms with Crippen LogP contribution in [0.25, 0.3) is 10.9 Å². The Morgan fingerprint density at radius 2 is 2.00 bits per heavy atom. The number of aromatic nitrogens is 2. The Morgan fingerprint density at radius 3 is 2.59 bits per heavy atom. The Hall–Kier alpha value is -2.90. The first kappa shape index (κ1) is 18.9. The molecule has 3 aromatic rings. The molecule has 0 aliphatic carbocycles. The van der Waals surface area contributed by atoms with Gasteiger partial charge in [-0.05, 0) is 24.3 Å². The van der Waals surface area contributed by atoms with Gasteiger partial charge in [-0.25, -0.2) is 9.78 Å². The van der Waals surface area contributed by atoms with Gasteiger partial charge in [0, 0.05) is 24.1 Å². The molecule has 9 heteroatoms. The summed E-state index contributed by atoms with van der Waals surface area (Å²) in [6, 6.07) is 7.80. The molecule has 3 rings (SSSR count). The summed E-state index contributed by atoms with van der Waals surface area (Å²) in [5.41, 5.74) is -0.502. The zero-order valence-corrected chi connectivity index (χ0v) is 15.5. The van der Waals surface area contributed by atoms with E-state index in [1.807, 2.05) is 0 Å². The smallest absolute Gasteiger partial charge is 0.341 e. The molecule has 0 saturated heterocycles. The van der Waals surface area contributed by atoms with E-state index in [-0.39, 0.29) is 22.5 Å². The molecule has 0 saturated carbocycles. The quantitative estimate of drug-likeness (QED) is 0.691. The van der Waals surface area contributed by atoms with Gasteiger partial charge in [-0.3, -0.25) is 14.5 Å². The molecular formula is C18H13Cl2N3O4. The van der Waals surface area contributed by atoms with Gasteiger partial charge < -0.3 is 10.1 Å². The molecule has 138 valence electrons. The van der Waals surface area contributed by atoms with E-state index in [1.54, 1.807) is 24.4 Å². The monoisotopic (exact) mass is 405 g/mol. The number of aromatic amines is 1. The second-order valence-electron chi connectivity index (χ2n) is 5.73. The Labute approximate surface area is 163 Å². The lowest BCUT2D eigenvalue weighted by atomic mass is 10.1. The van der Waals surface area contributed by atoms with Gasteiger partial charge in [-0.2, -0.15) is 0 Å². The first-order valence-electron chi connectivity index (χ1n) is 7.76. The Balaban J connectivity index is 2.22. The fourth-order valence-electron chi connectivity index (χ4n) is 2.70. The Kier molecular flexibility index (Phi) is 5.16. The van der Waals surface area contributed by atoms with Crippen LogP contribution in [0.3, 0.4) is 0 Å². The summed E-state index contributed by atoms with van der Waals surface area (Å²) in [4.78, 5) is 43.5. The number of carboxylic acids is 1. The van der Waals surface area contributed by atoms with Gasteiger partial charge in [0.1, 0.15) is 11.4 Å². The molecule has 0 fully saturated rings. The molecule has 0 radical (unpaired) electrons. The first-order chi connectivity index (χ1) is 12.8. The van der Waals surface area contributed by atoms with Crippen molar-refractivity contribution in [3.8, 4) is 0 Å². The van der Waals surface area contributed by atoms with Crippen LogP contribution in [0.4, 0.5) is 5.82 Å². The standard InChI is InChI=1S/C18H13Cl2N3O4/c1-9(24)23(14-4-2-3-5-21-14)8-12-15(20)13(19)7-10-6-11(18(26)27)17(25)22-16(10)12/h2-7H,8H2,1H3,(H,22,25)(H,26,27). The number of hydrogen-bond acceptors (Lipinski definition) is 4. The fourth-order valence-corrected chi connectivity index (χ4v) is 3.14. The van der Waals surface area contributed by atoms with Gasteiger partial charge in [0.15, 0.2) is 0 Å². The maximum absolute atomic E-state index is 12.2. The van der Waals surface area contributed by atoms with Crippen LogP contribution in [0.5, 0.6) is 0 Å². The SMILES string of the molecule is CC(=O)N(Cc1c(Cl)c(Cl)cc2cc(C(=O)O)c(=O)[nH]c12)c1ccccn1. The highest BCUT2D eigenvalue weighted by Gasteiger charge is 2.21. The molecule has 2 N–H and O–H groups in total. The number of benzene rings is 1. The van der Waals surface area contributed by atoms with Crippen LogP contribution >= 0.6 is 23.2 Å². The van der Waals surface area contributed by atoms with Crippen molar-refractivity contribution >= 4 is 51.8 Å². The van der Waals surface area contributed by atoms with Crippen molar-refractivity contribution in [1.82, 2.24) is 9.97 Å². The highest BCUT2D eigenvalue weighted by atomic mass is 35.5. The molecule has 0 bridgehead atoms. The van der Waals surface area contributed by atoms with E-state index in [4.69, 9.17) is 28.3 Å². The molecule has 1 aromatic carbocycles. The molecule has 0 aliphatic rings. The summed E-state index contributed by atoms with van der Waals surface area (Å²) in [6.07, 6.45) is 1.55. The Bertz CT molecular complexity index is 1110. The highest BCUT2D eigenvalue weighted by molar-refractivity contribution is 6.43. The van der Waals surface area contributed by atoms with Gasteiger partial charge in [0.2, 0.25) is 5.91 Å². The van der Waals surface area contributed by atoms with Crippen LogP contribution in [0.15, 0.2) is 41.3 Å². The number of aromatic carboxylic acids is 1. The Morgan fingerprint density at radius 1 is 1.26 bits per heavy atom. The summed E-state index contributed by atoms with van der Waals surface area (Å²) in [6.45, 7) is 1.37. The minimum atomic E-state index is -1.36. The average molecular weight is 406 g/mol. The van der Waals surface area contributed by atoms with Crippen LogP contribution in [-0.2, 0) is 11.3 Å². The van der Waals surface area contributed by atoms with E-state index in [9.17, 15) is 14.4 Å². The van der Waals surface area contributed by atoms with Gasteiger partial charge in [-0.1, -0.05) is 29.3 Å². The topological polar surface area (TPSA) is 103 Å². The summed E-state index contributed by atoms with van der Waals surface area (Å²) >= 11 is 12.5. The lowest BCUT2D eigenvalue weighted by Crippen LogP contribution is -2.29. The van der Waals surface area contributed by atoms with Crippen molar-refractivity contribution in [2.75, 3.05) is 4.90 Å². The maximum Gasteiger partial charge on any atom is 0.341 e. The number of carboxylic acid groups (broad SMARTS) is 1. The summed E-state index contributed by atoms with van der Waals surface area (Å²) in [5.74, 6) is -1.24. The van der Waals surface area contributed by atoms with Gasteiger partial charge in [0.05, 0.1) is 22.1 Å². The largest absolute Gasteiger partial charge is 0.477 e. The molecule has 1 amide bonds. The van der Waals surface area contributed by atoms with Crippen molar-refractivity contribution in [2.45, 2.75) is 13.5 Å². The lowest BCUT2D eigenvalue weighted by Gasteiger charge is -2.22. The first-order valence-corrected chi connectivity index (χ1v) is 8.51. The number of carbonyl (C=O) groups is 2. The van der Waals surface area contributed by atoms with Crippen molar-refractivity contribution in [2.24, 2.45) is 0 Å². The number of amides is 1. The number of halogens is 2. The lowest BCUT2D eigenvalue weighted by molar-refractivity contribution is -0.116. The van der Waals surface area contributed by atoms with Crippen molar-refractivity contribution < 1.29 is 14.7 Å². The van der Waals surface area contributed by atoms with E-state index < -0.39 is 17.1 Å². The van der Waals surface area contributed by atoms with Crippen LogP contribution in [-0.4, -0.2) is 27.0 Å².